The van der Waals surface area contributed by atoms with Gasteiger partial charge in [0.2, 0.25) is 10.0 Å². The molecule has 1 unspecified atom stereocenters. The highest BCUT2D eigenvalue weighted by Gasteiger charge is 2.33. The van der Waals surface area contributed by atoms with E-state index in [2.05, 4.69) is 15.9 Å². The first-order valence-corrected chi connectivity index (χ1v) is 9.07. The van der Waals surface area contributed by atoms with Crippen molar-refractivity contribution in [2.75, 3.05) is 23.8 Å². The van der Waals surface area contributed by atoms with Crippen LogP contribution in [0, 0.1) is 5.82 Å². The van der Waals surface area contributed by atoms with Crippen molar-refractivity contribution in [3.05, 3.63) is 22.4 Å². The van der Waals surface area contributed by atoms with E-state index >= 15 is 0 Å². The summed E-state index contributed by atoms with van der Waals surface area (Å²) < 4.78 is 40.0. The first kappa shape index (κ1) is 15.1. The first-order valence-electron chi connectivity index (χ1n) is 5.68. The second kappa shape index (κ2) is 5.59. The van der Waals surface area contributed by atoms with Crippen molar-refractivity contribution in [1.29, 1.82) is 0 Å². The van der Waals surface area contributed by atoms with Crippen molar-refractivity contribution in [3.8, 4) is 0 Å². The summed E-state index contributed by atoms with van der Waals surface area (Å²) in [5.41, 5.74) is 5.59. The Balaban J connectivity index is 2.47. The first-order chi connectivity index (χ1) is 8.84. The van der Waals surface area contributed by atoms with Crippen molar-refractivity contribution >= 4 is 43.4 Å². The summed E-state index contributed by atoms with van der Waals surface area (Å²) in [5, 5.41) is 0. The Bertz CT molecular complexity index is 595. The van der Waals surface area contributed by atoms with E-state index in [1.54, 1.807) is 11.8 Å². The lowest BCUT2D eigenvalue weighted by molar-refractivity contribution is 0.368. The molecule has 1 fully saturated rings. The molecule has 106 valence electrons. The summed E-state index contributed by atoms with van der Waals surface area (Å²) in [6, 6.07) is 2.17. The zero-order chi connectivity index (χ0) is 14.2. The van der Waals surface area contributed by atoms with Crippen LogP contribution in [-0.2, 0) is 10.0 Å². The molecule has 1 atom stereocenters. The fraction of sp³-hybridized carbons (Fsp3) is 0.455. The number of sulfonamides is 1. The van der Waals surface area contributed by atoms with Gasteiger partial charge in [-0.2, -0.15) is 16.1 Å². The SMILES string of the molecule is CC1CSCCN1S(=O)(=O)c1cc(Br)c(F)cc1N. The third-order valence-electron chi connectivity index (χ3n) is 2.95. The van der Waals surface area contributed by atoms with Crippen LogP contribution in [0.1, 0.15) is 6.92 Å². The molecule has 2 N–H and O–H groups in total. The maximum atomic E-state index is 13.3. The second-order valence-electron chi connectivity index (χ2n) is 4.34. The molecule has 0 saturated carbocycles. The molecule has 1 aromatic carbocycles. The molecular weight excluding hydrogens is 355 g/mol. The number of nitrogen functional groups attached to an aromatic ring is 1. The Morgan fingerprint density at radius 1 is 1.53 bits per heavy atom. The molecule has 19 heavy (non-hydrogen) atoms. The van der Waals surface area contributed by atoms with Crippen LogP contribution in [-0.4, -0.2) is 36.8 Å². The maximum Gasteiger partial charge on any atom is 0.245 e. The average molecular weight is 369 g/mol. The summed E-state index contributed by atoms with van der Waals surface area (Å²) in [6.45, 7) is 2.31. The topological polar surface area (TPSA) is 63.4 Å². The second-order valence-corrected chi connectivity index (χ2v) is 8.21. The molecule has 4 nitrogen and oxygen atoms in total. The summed E-state index contributed by atoms with van der Waals surface area (Å²) in [5.74, 6) is 0.937. The molecular formula is C11H14BrFN2O2S2. The molecule has 1 aliphatic rings. The third kappa shape index (κ3) is 2.91. The molecule has 1 saturated heterocycles. The predicted molar refractivity (Wildman–Crippen MR) is 79.2 cm³/mol. The van der Waals surface area contributed by atoms with Gasteiger partial charge in [-0.25, -0.2) is 12.8 Å². The van der Waals surface area contributed by atoms with Crippen molar-refractivity contribution in [2.24, 2.45) is 0 Å². The van der Waals surface area contributed by atoms with Crippen molar-refractivity contribution in [2.45, 2.75) is 17.9 Å². The predicted octanol–water partition coefficient (Wildman–Crippen LogP) is 2.30. The summed E-state index contributed by atoms with van der Waals surface area (Å²) >= 11 is 4.72. The number of nitrogens with zero attached hydrogens (tertiary/aromatic N) is 1. The highest BCUT2D eigenvalue weighted by Crippen LogP contribution is 2.31. The van der Waals surface area contributed by atoms with Crippen LogP contribution in [0.15, 0.2) is 21.5 Å². The van der Waals surface area contributed by atoms with Gasteiger partial charge in [0.1, 0.15) is 10.7 Å². The van der Waals surface area contributed by atoms with Gasteiger partial charge in [-0.15, -0.1) is 0 Å². The van der Waals surface area contributed by atoms with E-state index in [1.165, 1.54) is 10.4 Å². The number of benzene rings is 1. The van der Waals surface area contributed by atoms with Gasteiger partial charge in [0.05, 0.1) is 10.2 Å². The normalized spacial score (nSPS) is 21.5. The number of hydrogen-bond donors (Lipinski definition) is 1. The molecule has 0 spiro atoms. The van der Waals surface area contributed by atoms with Crippen LogP contribution < -0.4 is 5.73 Å². The van der Waals surface area contributed by atoms with Crippen LogP contribution in [0.25, 0.3) is 0 Å². The monoisotopic (exact) mass is 368 g/mol. The summed E-state index contributed by atoms with van der Waals surface area (Å²) in [6.07, 6.45) is 0. The van der Waals surface area contributed by atoms with Crippen LogP contribution >= 0.6 is 27.7 Å². The Morgan fingerprint density at radius 3 is 2.84 bits per heavy atom. The van der Waals surface area contributed by atoms with E-state index in [0.29, 0.717) is 6.54 Å². The maximum absolute atomic E-state index is 13.3. The van der Waals surface area contributed by atoms with Crippen LogP contribution in [0.4, 0.5) is 10.1 Å². The molecule has 1 aliphatic heterocycles. The minimum absolute atomic E-state index is 0.0421. The number of anilines is 1. The lowest BCUT2D eigenvalue weighted by atomic mass is 10.3. The van der Waals surface area contributed by atoms with Gasteiger partial charge in [-0.05, 0) is 35.0 Å². The number of thioether (sulfide) groups is 1. The summed E-state index contributed by atoms with van der Waals surface area (Å²) in [4.78, 5) is -0.0421. The van der Waals surface area contributed by atoms with Gasteiger partial charge < -0.3 is 5.73 Å². The van der Waals surface area contributed by atoms with E-state index in [-0.39, 0.29) is 21.1 Å². The molecule has 1 heterocycles. The number of halogens is 2. The number of hydrogen-bond acceptors (Lipinski definition) is 4. The molecule has 8 heteroatoms. The molecule has 1 aromatic rings. The molecule has 0 amide bonds. The third-order valence-corrected chi connectivity index (χ3v) is 6.81. The fourth-order valence-corrected chi connectivity index (χ4v) is 5.44. The zero-order valence-corrected chi connectivity index (χ0v) is 13.5. The van der Waals surface area contributed by atoms with Gasteiger partial charge >= 0.3 is 0 Å². The van der Waals surface area contributed by atoms with Gasteiger partial charge in [-0.3, -0.25) is 0 Å². The highest BCUT2D eigenvalue weighted by atomic mass is 79.9. The van der Waals surface area contributed by atoms with Gasteiger partial charge in [0.15, 0.2) is 0 Å². The molecule has 0 radical (unpaired) electrons. The van der Waals surface area contributed by atoms with E-state index < -0.39 is 15.8 Å². The van der Waals surface area contributed by atoms with Gasteiger partial charge in [-0.1, -0.05) is 0 Å². The van der Waals surface area contributed by atoms with Crippen LogP contribution in [0.2, 0.25) is 0 Å². The summed E-state index contributed by atoms with van der Waals surface area (Å²) in [7, 11) is -3.68. The minimum atomic E-state index is -3.68. The lowest BCUT2D eigenvalue weighted by Gasteiger charge is -2.32. The highest BCUT2D eigenvalue weighted by molar-refractivity contribution is 9.10. The molecule has 0 aliphatic carbocycles. The standard InChI is InChI=1S/C11H14BrFN2O2S2/c1-7-6-18-3-2-15(7)19(16,17)11-4-8(12)9(13)5-10(11)14/h4-5,7H,2-3,6,14H2,1H3. The molecule has 2 rings (SSSR count). The zero-order valence-electron chi connectivity index (χ0n) is 10.3. The molecule has 0 aromatic heterocycles. The van der Waals surface area contributed by atoms with Crippen LogP contribution in [0.3, 0.4) is 0 Å². The Kier molecular flexibility index (Phi) is 4.44. The van der Waals surface area contributed by atoms with E-state index in [9.17, 15) is 12.8 Å². The molecule has 0 bridgehead atoms. The van der Waals surface area contributed by atoms with Gasteiger partial charge in [0, 0.05) is 24.1 Å². The Labute approximate surface area is 124 Å². The largest absolute Gasteiger partial charge is 0.398 e. The van der Waals surface area contributed by atoms with Crippen molar-refractivity contribution < 1.29 is 12.8 Å². The van der Waals surface area contributed by atoms with Crippen molar-refractivity contribution in [3.63, 3.8) is 0 Å². The lowest BCUT2D eigenvalue weighted by Crippen LogP contribution is -2.44. The Hall–Kier alpha value is -0.310. The fourth-order valence-electron chi connectivity index (χ4n) is 1.96. The smallest absolute Gasteiger partial charge is 0.245 e. The number of nitrogens with two attached hydrogens (primary N) is 1. The van der Waals surface area contributed by atoms with E-state index in [0.717, 1.165) is 17.6 Å². The van der Waals surface area contributed by atoms with Crippen LogP contribution in [0.5, 0.6) is 0 Å². The van der Waals surface area contributed by atoms with E-state index in [4.69, 9.17) is 5.73 Å². The minimum Gasteiger partial charge on any atom is -0.398 e. The van der Waals surface area contributed by atoms with E-state index in [1.807, 2.05) is 6.92 Å². The van der Waals surface area contributed by atoms with Gasteiger partial charge in [0.25, 0.3) is 0 Å². The average Bonchev–Trinajstić information content (AvgIpc) is 2.34. The quantitative estimate of drug-likeness (QED) is 0.813. The van der Waals surface area contributed by atoms with Crippen molar-refractivity contribution in [1.82, 2.24) is 4.31 Å². The Morgan fingerprint density at radius 2 is 2.21 bits per heavy atom. The number of rotatable bonds is 2.